The van der Waals surface area contributed by atoms with Crippen molar-refractivity contribution in [2.75, 3.05) is 17.3 Å². The summed E-state index contributed by atoms with van der Waals surface area (Å²) >= 11 is 5.24. The van der Waals surface area contributed by atoms with Gasteiger partial charge in [-0.05, 0) is 37.3 Å². The number of aryl methyl sites for hydroxylation is 2. The zero-order chi connectivity index (χ0) is 19.9. The molecule has 3 rings (SSSR count). The number of para-hydroxylation sites is 1. The van der Waals surface area contributed by atoms with Crippen molar-refractivity contribution in [1.82, 2.24) is 14.9 Å². The molecule has 1 amide bonds. The molecule has 0 radical (unpaired) electrons. The molecule has 0 saturated heterocycles. The topological polar surface area (TPSA) is 84.0 Å². The number of H-pyrrole nitrogens is 1. The predicted molar refractivity (Wildman–Crippen MR) is 112 cm³/mol. The summed E-state index contributed by atoms with van der Waals surface area (Å²) in [5.74, 6) is 1.25. The van der Waals surface area contributed by atoms with Gasteiger partial charge < -0.3 is 15.5 Å². The summed E-state index contributed by atoms with van der Waals surface area (Å²) in [6, 6.07) is 15.2. The standard InChI is InChI=1S/C20H23N5O2S/c1-3-18-23-24-20(28)25(18)21-12-15-6-4-5-7-17(15)27-13-19(26)22-16-10-8-14(2)9-11-16/h4-11,21H,3,12-13H2,1-2H3,(H,22,26)(H,24,28). The second-order valence-corrected chi connectivity index (χ2v) is 6.67. The lowest BCUT2D eigenvalue weighted by Gasteiger charge is -2.14. The number of nitrogens with zero attached hydrogens (tertiary/aromatic N) is 2. The summed E-state index contributed by atoms with van der Waals surface area (Å²) in [5, 5.41) is 9.77. The molecule has 1 heterocycles. The fourth-order valence-electron chi connectivity index (χ4n) is 2.66. The first-order valence-corrected chi connectivity index (χ1v) is 9.45. The van der Waals surface area contributed by atoms with Crippen molar-refractivity contribution in [3.63, 3.8) is 0 Å². The summed E-state index contributed by atoms with van der Waals surface area (Å²) in [4.78, 5) is 12.2. The number of nitrogens with one attached hydrogen (secondary N) is 3. The molecule has 3 aromatic rings. The highest BCUT2D eigenvalue weighted by Gasteiger charge is 2.09. The van der Waals surface area contributed by atoms with Crippen LogP contribution in [0.2, 0.25) is 0 Å². The van der Waals surface area contributed by atoms with Crippen molar-refractivity contribution >= 4 is 23.8 Å². The Labute approximate surface area is 168 Å². The third kappa shape index (κ3) is 4.98. The molecule has 0 spiro atoms. The van der Waals surface area contributed by atoms with Gasteiger partial charge >= 0.3 is 0 Å². The monoisotopic (exact) mass is 397 g/mol. The van der Waals surface area contributed by atoms with Crippen LogP contribution >= 0.6 is 12.2 Å². The molecule has 28 heavy (non-hydrogen) atoms. The molecule has 3 N–H and O–H groups in total. The minimum atomic E-state index is -0.211. The van der Waals surface area contributed by atoms with Crippen LogP contribution in [0.4, 0.5) is 5.69 Å². The number of aromatic amines is 1. The fourth-order valence-corrected chi connectivity index (χ4v) is 2.88. The Morgan fingerprint density at radius 2 is 1.96 bits per heavy atom. The van der Waals surface area contributed by atoms with Crippen LogP contribution in [0.5, 0.6) is 5.75 Å². The number of benzene rings is 2. The number of carbonyl (C=O) groups is 1. The highest BCUT2D eigenvalue weighted by Crippen LogP contribution is 2.18. The van der Waals surface area contributed by atoms with Crippen LogP contribution in [0.25, 0.3) is 0 Å². The van der Waals surface area contributed by atoms with Gasteiger partial charge in [-0.3, -0.25) is 9.89 Å². The number of carbonyl (C=O) groups excluding carboxylic acids is 1. The molecule has 0 aliphatic carbocycles. The highest BCUT2D eigenvalue weighted by atomic mass is 32.1. The van der Waals surface area contributed by atoms with E-state index in [2.05, 4.69) is 20.9 Å². The maximum absolute atomic E-state index is 12.2. The van der Waals surface area contributed by atoms with E-state index in [0.717, 1.165) is 29.1 Å². The van der Waals surface area contributed by atoms with Gasteiger partial charge in [-0.25, -0.2) is 4.68 Å². The van der Waals surface area contributed by atoms with E-state index in [-0.39, 0.29) is 12.5 Å². The van der Waals surface area contributed by atoms with Crippen molar-refractivity contribution in [2.45, 2.75) is 26.8 Å². The second-order valence-electron chi connectivity index (χ2n) is 6.28. The minimum Gasteiger partial charge on any atom is -0.483 e. The maximum Gasteiger partial charge on any atom is 0.262 e. The van der Waals surface area contributed by atoms with E-state index < -0.39 is 0 Å². The zero-order valence-corrected chi connectivity index (χ0v) is 16.7. The largest absolute Gasteiger partial charge is 0.483 e. The van der Waals surface area contributed by atoms with E-state index >= 15 is 0 Å². The Hall–Kier alpha value is -3.13. The quantitative estimate of drug-likeness (QED) is 0.506. The van der Waals surface area contributed by atoms with Crippen LogP contribution in [0.15, 0.2) is 48.5 Å². The third-order valence-corrected chi connectivity index (χ3v) is 4.43. The predicted octanol–water partition coefficient (Wildman–Crippen LogP) is 3.57. The first kappa shape index (κ1) is 19.6. The normalized spacial score (nSPS) is 10.5. The Bertz CT molecular complexity index is 994. The van der Waals surface area contributed by atoms with Crippen molar-refractivity contribution in [3.05, 3.63) is 70.3 Å². The van der Waals surface area contributed by atoms with Gasteiger partial charge in [0.05, 0.1) is 6.54 Å². The van der Waals surface area contributed by atoms with Crippen LogP contribution in [-0.4, -0.2) is 27.4 Å². The number of hydrogen-bond acceptors (Lipinski definition) is 5. The molecule has 0 aliphatic heterocycles. The minimum absolute atomic E-state index is 0.0732. The van der Waals surface area contributed by atoms with Crippen LogP contribution < -0.4 is 15.5 Å². The van der Waals surface area contributed by atoms with Gasteiger partial charge in [0.1, 0.15) is 5.75 Å². The van der Waals surface area contributed by atoms with Gasteiger partial charge in [-0.15, -0.1) is 0 Å². The fraction of sp³-hybridized carbons (Fsp3) is 0.250. The van der Waals surface area contributed by atoms with Gasteiger partial charge in [0.2, 0.25) is 4.77 Å². The van der Waals surface area contributed by atoms with Crippen molar-refractivity contribution in [2.24, 2.45) is 0 Å². The van der Waals surface area contributed by atoms with E-state index in [1.54, 1.807) is 4.68 Å². The highest BCUT2D eigenvalue weighted by molar-refractivity contribution is 7.71. The van der Waals surface area contributed by atoms with E-state index in [1.807, 2.05) is 62.4 Å². The molecule has 0 fully saturated rings. The molecule has 0 bridgehead atoms. The third-order valence-electron chi connectivity index (χ3n) is 4.15. The molecule has 2 aromatic carbocycles. The van der Waals surface area contributed by atoms with Crippen molar-refractivity contribution < 1.29 is 9.53 Å². The lowest BCUT2D eigenvalue weighted by Crippen LogP contribution is -2.21. The Kier molecular flexibility index (Phi) is 6.44. The Morgan fingerprint density at radius 1 is 1.21 bits per heavy atom. The van der Waals surface area contributed by atoms with E-state index in [0.29, 0.717) is 17.1 Å². The second kappa shape index (κ2) is 9.18. The molecule has 0 unspecified atom stereocenters. The van der Waals surface area contributed by atoms with Gasteiger partial charge in [0.25, 0.3) is 5.91 Å². The first-order chi connectivity index (χ1) is 13.6. The van der Waals surface area contributed by atoms with Gasteiger partial charge in [-0.1, -0.05) is 42.8 Å². The lowest BCUT2D eigenvalue weighted by atomic mass is 10.2. The molecule has 8 heteroatoms. The molecule has 7 nitrogen and oxygen atoms in total. The molecular formula is C20H23N5O2S. The molecule has 1 aromatic heterocycles. The Morgan fingerprint density at radius 3 is 2.71 bits per heavy atom. The number of amides is 1. The van der Waals surface area contributed by atoms with E-state index in [1.165, 1.54) is 0 Å². The number of rotatable bonds is 8. The van der Waals surface area contributed by atoms with E-state index in [9.17, 15) is 4.79 Å². The SMILES string of the molecule is CCc1n[nH]c(=S)n1NCc1ccccc1OCC(=O)Nc1ccc(C)cc1. The average Bonchev–Trinajstić information content (AvgIpc) is 3.06. The number of ether oxygens (including phenoxy) is 1. The Balaban J connectivity index is 1.60. The first-order valence-electron chi connectivity index (χ1n) is 9.04. The summed E-state index contributed by atoms with van der Waals surface area (Å²) < 4.78 is 7.99. The van der Waals surface area contributed by atoms with Gasteiger partial charge in [-0.2, -0.15) is 5.10 Å². The van der Waals surface area contributed by atoms with E-state index in [4.69, 9.17) is 17.0 Å². The smallest absolute Gasteiger partial charge is 0.262 e. The summed E-state index contributed by atoms with van der Waals surface area (Å²) in [6.07, 6.45) is 0.747. The van der Waals surface area contributed by atoms with Crippen LogP contribution in [-0.2, 0) is 17.8 Å². The summed E-state index contributed by atoms with van der Waals surface area (Å²) in [7, 11) is 0. The molecular weight excluding hydrogens is 374 g/mol. The van der Waals surface area contributed by atoms with Gasteiger partial charge in [0.15, 0.2) is 12.4 Å². The zero-order valence-electron chi connectivity index (χ0n) is 15.9. The van der Waals surface area contributed by atoms with Crippen molar-refractivity contribution in [1.29, 1.82) is 0 Å². The number of hydrogen-bond donors (Lipinski definition) is 3. The van der Waals surface area contributed by atoms with Gasteiger partial charge in [0, 0.05) is 17.7 Å². The number of anilines is 1. The molecule has 146 valence electrons. The lowest BCUT2D eigenvalue weighted by molar-refractivity contribution is -0.118. The number of aromatic nitrogens is 3. The molecule has 0 atom stereocenters. The van der Waals surface area contributed by atoms with Crippen LogP contribution in [0.1, 0.15) is 23.9 Å². The molecule has 0 saturated carbocycles. The van der Waals surface area contributed by atoms with Crippen LogP contribution in [0.3, 0.4) is 0 Å². The summed E-state index contributed by atoms with van der Waals surface area (Å²) in [6.45, 7) is 4.42. The maximum atomic E-state index is 12.2. The van der Waals surface area contributed by atoms with Crippen LogP contribution in [0, 0.1) is 11.7 Å². The average molecular weight is 398 g/mol. The molecule has 0 aliphatic rings. The van der Waals surface area contributed by atoms with Crippen molar-refractivity contribution in [3.8, 4) is 5.75 Å². The summed E-state index contributed by atoms with van der Waals surface area (Å²) in [5.41, 5.74) is 6.04.